The van der Waals surface area contributed by atoms with Gasteiger partial charge in [0, 0.05) is 18.8 Å². The number of hydrogen-bond donors (Lipinski definition) is 0. The third-order valence-corrected chi connectivity index (χ3v) is 3.20. The minimum Gasteiger partial charge on any atom is -0.338 e. The van der Waals surface area contributed by atoms with E-state index in [0.29, 0.717) is 5.92 Å². The van der Waals surface area contributed by atoms with Crippen LogP contribution in [0.3, 0.4) is 0 Å². The standard InChI is InChI=1S/C9H15NOS/c1-3-9(11)10-4-5-12-7-8(2)6-10/h3,8H,1,4-7H2,2H3. The van der Waals surface area contributed by atoms with E-state index in [0.717, 1.165) is 18.8 Å². The van der Waals surface area contributed by atoms with Gasteiger partial charge in [0.15, 0.2) is 0 Å². The van der Waals surface area contributed by atoms with E-state index in [1.807, 2.05) is 16.7 Å². The number of rotatable bonds is 1. The number of carbonyl (C=O) groups excluding carboxylic acids is 1. The third kappa shape index (κ3) is 2.55. The van der Waals surface area contributed by atoms with E-state index >= 15 is 0 Å². The van der Waals surface area contributed by atoms with Crippen molar-refractivity contribution in [3.63, 3.8) is 0 Å². The van der Waals surface area contributed by atoms with E-state index in [-0.39, 0.29) is 5.91 Å². The Labute approximate surface area is 78.0 Å². The lowest BCUT2D eigenvalue weighted by Crippen LogP contribution is -2.33. The van der Waals surface area contributed by atoms with Crippen LogP contribution in [0, 0.1) is 5.92 Å². The molecular formula is C9H15NOS. The molecule has 1 unspecified atom stereocenters. The third-order valence-electron chi connectivity index (χ3n) is 1.93. The Bertz CT molecular complexity index is 181. The summed E-state index contributed by atoms with van der Waals surface area (Å²) in [5.74, 6) is 2.91. The molecule has 1 aliphatic heterocycles. The van der Waals surface area contributed by atoms with Crippen LogP contribution < -0.4 is 0 Å². The van der Waals surface area contributed by atoms with Crippen molar-refractivity contribution in [1.82, 2.24) is 4.90 Å². The summed E-state index contributed by atoms with van der Waals surface area (Å²) in [7, 11) is 0. The lowest BCUT2D eigenvalue weighted by molar-refractivity contribution is -0.126. The fraction of sp³-hybridized carbons (Fsp3) is 0.667. The Morgan fingerprint density at radius 2 is 2.50 bits per heavy atom. The first-order valence-electron chi connectivity index (χ1n) is 4.23. The van der Waals surface area contributed by atoms with Crippen LogP contribution in [0.1, 0.15) is 6.92 Å². The first-order valence-corrected chi connectivity index (χ1v) is 5.38. The van der Waals surface area contributed by atoms with Gasteiger partial charge in [0.25, 0.3) is 0 Å². The minimum absolute atomic E-state index is 0.0735. The molecule has 0 saturated carbocycles. The molecule has 1 aliphatic rings. The van der Waals surface area contributed by atoms with Gasteiger partial charge in [-0.2, -0.15) is 11.8 Å². The van der Waals surface area contributed by atoms with Crippen LogP contribution in [-0.2, 0) is 4.79 Å². The highest BCUT2D eigenvalue weighted by Gasteiger charge is 2.17. The Hall–Kier alpha value is -0.440. The molecule has 12 heavy (non-hydrogen) atoms. The molecule has 0 radical (unpaired) electrons. The molecule has 1 atom stereocenters. The average Bonchev–Trinajstić information content (AvgIpc) is 2.28. The minimum atomic E-state index is 0.0735. The zero-order valence-electron chi connectivity index (χ0n) is 7.45. The van der Waals surface area contributed by atoms with Gasteiger partial charge in [0.2, 0.25) is 5.91 Å². The number of hydrogen-bond acceptors (Lipinski definition) is 2. The van der Waals surface area contributed by atoms with Gasteiger partial charge in [-0.3, -0.25) is 4.79 Å². The average molecular weight is 185 g/mol. The topological polar surface area (TPSA) is 20.3 Å². The van der Waals surface area contributed by atoms with Crippen molar-refractivity contribution in [3.8, 4) is 0 Å². The molecule has 0 aromatic rings. The molecule has 2 nitrogen and oxygen atoms in total. The highest BCUT2D eigenvalue weighted by molar-refractivity contribution is 7.99. The molecule has 0 N–H and O–H groups in total. The van der Waals surface area contributed by atoms with Crippen LogP contribution in [0.25, 0.3) is 0 Å². The van der Waals surface area contributed by atoms with Crippen LogP contribution in [0.15, 0.2) is 12.7 Å². The van der Waals surface area contributed by atoms with E-state index in [2.05, 4.69) is 13.5 Å². The van der Waals surface area contributed by atoms with E-state index in [1.165, 1.54) is 11.8 Å². The number of amides is 1. The maximum absolute atomic E-state index is 11.3. The summed E-state index contributed by atoms with van der Waals surface area (Å²) in [6.45, 7) is 7.44. The molecule has 0 aliphatic carbocycles. The molecular weight excluding hydrogens is 170 g/mol. The van der Waals surface area contributed by atoms with Crippen LogP contribution in [-0.4, -0.2) is 35.4 Å². The molecule has 0 aromatic carbocycles. The normalized spacial score (nSPS) is 24.8. The fourth-order valence-electron chi connectivity index (χ4n) is 1.31. The summed E-state index contributed by atoms with van der Waals surface area (Å²) in [5.41, 5.74) is 0. The SMILES string of the molecule is C=CC(=O)N1CCSCC(C)C1. The van der Waals surface area contributed by atoms with E-state index in [4.69, 9.17) is 0 Å². The van der Waals surface area contributed by atoms with Crippen molar-refractivity contribution in [2.75, 3.05) is 24.6 Å². The van der Waals surface area contributed by atoms with Crippen molar-refractivity contribution in [2.24, 2.45) is 5.92 Å². The second kappa shape index (κ2) is 4.55. The molecule has 1 heterocycles. The van der Waals surface area contributed by atoms with Crippen LogP contribution in [0.5, 0.6) is 0 Å². The summed E-state index contributed by atoms with van der Waals surface area (Å²) >= 11 is 1.93. The zero-order valence-corrected chi connectivity index (χ0v) is 8.27. The molecule has 0 spiro atoms. The molecule has 1 amide bonds. The number of nitrogens with zero attached hydrogens (tertiary/aromatic N) is 1. The Morgan fingerprint density at radius 1 is 1.75 bits per heavy atom. The van der Waals surface area contributed by atoms with Gasteiger partial charge in [-0.25, -0.2) is 0 Å². The van der Waals surface area contributed by atoms with Crippen molar-refractivity contribution >= 4 is 17.7 Å². The Kier molecular flexibility index (Phi) is 3.66. The van der Waals surface area contributed by atoms with Crippen LogP contribution in [0.4, 0.5) is 0 Å². The Morgan fingerprint density at radius 3 is 3.17 bits per heavy atom. The fourth-order valence-corrected chi connectivity index (χ4v) is 2.33. The zero-order chi connectivity index (χ0) is 8.97. The predicted octanol–water partition coefficient (Wildman–Crippen LogP) is 1.38. The molecule has 0 aromatic heterocycles. The summed E-state index contributed by atoms with van der Waals surface area (Å²) in [6, 6.07) is 0. The number of carbonyl (C=O) groups is 1. The first-order chi connectivity index (χ1) is 5.74. The van der Waals surface area contributed by atoms with Crippen molar-refractivity contribution in [3.05, 3.63) is 12.7 Å². The highest BCUT2D eigenvalue weighted by Crippen LogP contribution is 2.15. The maximum atomic E-state index is 11.3. The van der Waals surface area contributed by atoms with E-state index in [9.17, 15) is 4.79 Å². The lowest BCUT2D eigenvalue weighted by Gasteiger charge is -2.20. The van der Waals surface area contributed by atoms with Crippen molar-refractivity contribution in [2.45, 2.75) is 6.92 Å². The molecule has 1 saturated heterocycles. The van der Waals surface area contributed by atoms with E-state index in [1.54, 1.807) is 0 Å². The number of thioether (sulfide) groups is 1. The lowest BCUT2D eigenvalue weighted by atomic mass is 10.2. The van der Waals surface area contributed by atoms with Gasteiger partial charge in [-0.15, -0.1) is 0 Å². The van der Waals surface area contributed by atoms with Gasteiger partial charge in [-0.05, 0) is 17.7 Å². The second-order valence-corrected chi connectivity index (χ2v) is 4.32. The highest BCUT2D eigenvalue weighted by atomic mass is 32.2. The maximum Gasteiger partial charge on any atom is 0.245 e. The predicted molar refractivity (Wildman–Crippen MR) is 53.3 cm³/mol. The van der Waals surface area contributed by atoms with Gasteiger partial charge in [-0.1, -0.05) is 13.5 Å². The first kappa shape index (κ1) is 9.65. The molecule has 0 bridgehead atoms. The van der Waals surface area contributed by atoms with E-state index < -0.39 is 0 Å². The Balaban J connectivity index is 2.51. The van der Waals surface area contributed by atoms with Crippen molar-refractivity contribution < 1.29 is 4.79 Å². The smallest absolute Gasteiger partial charge is 0.245 e. The van der Waals surface area contributed by atoms with Gasteiger partial charge >= 0.3 is 0 Å². The summed E-state index contributed by atoms with van der Waals surface area (Å²) in [4.78, 5) is 13.2. The molecule has 1 rings (SSSR count). The van der Waals surface area contributed by atoms with Crippen LogP contribution in [0.2, 0.25) is 0 Å². The molecule has 68 valence electrons. The second-order valence-electron chi connectivity index (χ2n) is 3.17. The summed E-state index contributed by atoms with van der Waals surface area (Å²) in [5, 5.41) is 0. The largest absolute Gasteiger partial charge is 0.338 e. The summed E-state index contributed by atoms with van der Waals surface area (Å²) in [6.07, 6.45) is 1.41. The monoisotopic (exact) mass is 185 g/mol. The summed E-state index contributed by atoms with van der Waals surface area (Å²) < 4.78 is 0. The molecule has 3 heteroatoms. The van der Waals surface area contributed by atoms with Gasteiger partial charge in [0.05, 0.1) is 0 Å². The van der Waals surface area contributed by atoms with Gasteiger partial charge < -0.3 is 4.90 Å². The van der Waals surface area contributed by atoms with Gasteiger partial charge in [0.1, 0.15) is 0 Å². The quantitative estimate of drug-likeness (QED) is 0.575. The van der Waals surface area contributed by atoms with Crippen LogP contribution >= 0.6 is 11.8 Å². The molecule has 1 fully saturated rings. The van der Waals surface area contributed by atoms with Crippen molar-refractivity contribution in [1.29, 1.82) is 0 Å².